The van der Waals surface area contributed by atoms with Crippen molar-refractivity contribution in [3.8, 4) is 0 Å². The molecule has 2 rings (SSSR count). The number of aliphatic hydroxyl groups excluding tert-OH is 1. The Bertz CT molecular complexity index is 422. The quantitative estimate of drug-likeness (QED) is 0.682. The molecule has 2 saturated heterocycles. The summed E-state index contributed by atoms with van der Waals surface area (Å²) in [5, 5.41) is 9.68. The summed E-state index contributed by atoms with van der Waals surface area (Å²) in [6.07, 6.45) is -2.35. The molecule has 0 aromatic rings. The molecule has 19 heavy (non-hydrogen) atoms. The van der Waals surface area contributed by atoms with Crippen molar-refractivity contribution >= 4 is 12.0 Å². The van der Waals surface area contributed by atoms with Crippen molar-refractivity contribution in [2.45, 2.75) is 44.2 Å². The number of likely N-dealkylation sites (N-methyl/N-ethyl adjacent to an activating group) is 1. The molecule has 7 heteroatoms. The maximum atomic E-state index is 14.7. The average Bonchev–Trinajstić information content (AvgIpc) is 2.69. The molecule has 3 atom stereocenters. The van der Waals surface area contributed by atoms with Crippen LogP contribution in [0.5, 0.6) is 0 Å². The molecule has 2 amide bonds. The van der Waals surface area contributed by atoms with E-state index in [0.717, 1.165) is 4.90 Å². The number of likely N-dealkylation sites (tertiary alicyclic amines) is 2. The summed E-state index contributed by atoms with van der Waals surface area (Å²) < 4.78 is 19.8. The minimum Gasteiger partial charge on any atom is -0.444 e. The lowest BCUT2D eigenvalue weighted by molar-refractivity contribution is -0.136. The normalized spacial score (nSPS) is 34.7. The maximum Gasteiger partial charge on any atom is 0.410 e. The van der Waals surface area contributed by atoms with E-state index in [0.29, 0.717) is 0 Å². The van der Waals surface area contributed by atoms with E-state index < -0.39 is 35.4 Å². The molecule has 0 aromatic carbocycles. The molecule has 0 saturated carbocycles. The van der Waals surface area contributed by atoms with Gasteiger partial charge in [0.15, 0.2) is 11.8 Å². The lowest BCUT2D eigenvalue weighted by Crippen LogP contribution is -2.45. The molecule has 1 N–H and O–H groups in total. The lowest BCUT2D eigenvalue weighted by atomic mass is 9.98. The van der Waals surface area contributed by atoms with Crippen LogP contribution in [0.15, 0.2) is 0 Å². The minimum absolute atomic E-state index is 0.0325. The lowest BCUT2D eigenvalue weighted by Gasteiger charge is -2.25. The van der Waals surface area contributed by atoms with Crippen molar-refractivity contribution in [2.24, 2.45) is 0 Å². The van der Waals surface area contributed by atoms with E-state index in [1.54, 1.807) is 20.8 Å². The zero-order valence-electron chi connectivity index (χ0n) is 11.5. The highest BCUT2D eigenvalue weighted by Gasteiger charge is 2.64. The van der Waals surface area contributed by atoms with Crippen LogP contribution < -0.4 is 0 Å². The van der Waals surface area contributed by atoms with Gasteiger partial charge in [0.05, 0.1) is 12.6 Å². The third-order valence-electron chi connectivity index (χ3n) is 3.54. The number of fused-ring (bicyclic) bond motifs is 1. The summed E-state index contributed by atoms with van der Waals surface area (Å²) >= 11 is 0. The molecule has 2 aliphatic heterocycles. The molecule has 0 radical (unpaired) electrons. The van der Waals surface area contributed by atoms with Crippen molar-refractivity contribution in [1.82, 2.24) is 9.80 Å². The van der Waals surface area contributed by atoms with Crippen LogP contribution in [-0.2, 0) is 9.53 Å². The van der Waals surface area contributed by atoms with Gasteiger partial charge in [0, 0.05) is 13.6 Å². The van der Waals surface area contributed by atoms with Gasteiger partial charge in [0.2, 0.25) is 0 Å². The predicted molar refractivity (Wildman–Crippen MR) is 64.2 cm³/mol. The maximum absolute atomic E-state index is 14.7. The molecule has 3 unspecified atom stereocenters. The molecule has 6 nitrogen and oxygen atoms in total. The molecule has 0 bridgehead atoms. The van der Waals surface area contributed by atoms with E-state index in [1.165, 1.54) is 11.9 Å². The van der Waals surface area contributed by atoms with Crippen LogP contribution in [-0.4, -0.2) is 70.5 Å². The topological polar surface area (TPSA) is 70.1 Å². The van der Waals surface area contributed by atoms with Crippen molar-refractivity contribution < 1.29 is 23.8 Å². The summed E-state index contributed by atoms with van der Waals surface area (Å²) in [5.74, 6) is -0.642. The molecule has 2 fully saturated rings. The first-order valence-corrected chi connectivity index (χ1v) is 6.18. The first-order chi connectivity index (χ1) is 8.56. The van der Waals surface area contributed by atoms with E-state index in [9.17, 15) is 19.1 Å². The first-order valence-electron chi connectivity index (χ1n) is 6.18. The fourth-order valence-corrected chi connectivity index (χ4v) is 2.55. The van der Waals surface area contributed by atoms with Crippen LogP contribution in [0.4, 0.5) is 9.18 Å². The standard InChI is InChI=1S/C12H19FN2O4/c1-11(2,3)19-10(18)15-5-7-12(13,6-15)8(16)9(17)14(7)4/h7-8,16H,5-6H2,1-4H3. The highest BCUT2D eigenvalue weighted by atomic mass is 19.1. The SMILES string of the molecule is CN1C(=O)C(O)C2(F)CN(C(=O)OC(C)(C)C)CC12. The van der Waals surface area contributed by atoms with Crippen molar-refractivity contribution in [3.05, 3.63) is 0 Å². The molecular formula is C12H19FN2O4. The van der Waals surface area contributed by atoms with Crippen LogP contribution in [0.3, 0.4) is 0 Å². The van der Waals surface area contributed by atoms with Crippen molar-refractivity contribution in [1.29, 1.82) is 0 Å². The zero-order chi connectivity index (χ0) is 14.6. The average molecular weight is 274 g/mol. The third kappa shape index (κ3) is 2.16. The number of rotatable bonds is 0. The number of nitrogens with zero attached hydrogens (tertiary/aromatic N) is 2. The summed E-state index contributed by atoms with van der Waals surface area (Å²) in [6, 6.07) is -0.817. The Morgan fingerprint density at radius 3 is 2.58 bits per heavy atom. The van der Waals surface area contributed by atoms with E-state index in [4.69, 9.17) is 4.74 Å². The number of halogens is 1. The van der Waals surface area contributed by atoms with Gasteiger partial charge in [-0.2, -0.15) is 0 Å². The van der Waals surface area contributed by atoms with Crippen LogP contribution in [0.25, 0.3) is 0 Å². The summed E-state index contributed by atoms with van der Waals surface area (Å²) in [5.41, 5.74) is -2.78. The Balaban J connectivity index is 2.13. The molecular weight excluding hydrogens is 255 g/mol. The minimum atomic E-state index is -2.11. The number of ether oxygens (including phenoxy) is 1. The monoisotopic (exact) mass is 274 g/mol. The van der Waals surface area contributed by atoms with Gasteiger partial charge >= 0.3 is 6.09 Å². The smallest absolute Gasteiger partial charge is 0.410 e. The second-order valence-corrected chi connectivity index (χ2v) is 6.16. The number of alkyl halides is 1. The summed E-state index contributed by atoms with van der Waals surface area (Å²) in [6.45, 7) is 4.86. The second kappa shape index (κ2) is 4.06. The number of hydrogen-bond donors (Lipinski definition) is 1. The van der Waals surface area contributed by atoms with Crippen LogP contribution in [0.1, 0.15) is 20.8 Å². The van der Waals surface area contributed by atoms with Crippen LogP contribution in [0, 0.1) is 0 Å². The largest absolute Gasteiger partial charge is 0.444 e. The molecule has 2 aliphatic rings. The third-order valence-corrected chi connectivity index (χ3v) is 3.54. The van der Waals surface area contributed by atoms with Crippen molar-refractivity contribution in [2.75, 3.05) is 20.1 Å². The van der Waals surface area contributed by atoms with Gasteiger partial charge in [-0.25, -0.2) is 9.18 Å². The van der Waals surface area contributed by atoms with Gasteiger partial charge < -0.3 is 19.6 Å². The summed E-state index contributed by atoms with van der Waals surface area (Å²) in [7, 11) is 1.43. The van der Waals surface area contributed by atoms with E-state index in [1.807, 2.05) is 0 Å². The van der Waals surface area contributed by atoms with Gasteiger partial charge in [0.25, 0.3) is 5.91 Å². The van der Waals surface area contributed by atoms with Gasteiger partial charge in [-0.05, 0) is 20.8 Å². The second-order valence-electron chi connectivity index (χ2n) is 6.16. The van der Waals surface area contributed by atoms with E-state index in [-0.39, 0.29) is 13.1 Å². The Labute approximate surface area is 111 Å². The zero-order valence-corrected chi connectivity index (χ0v) is 11.5. The number of hydrogen-bond acceptors (Lipinski definition) is 4. The molecule has 0 spiro atoms. The van der Waals surface area contributed by atoms with Gasteiger partial charge in [-0.3, -0.25) is 4.79 Å². The van der Waals surface area contributed by atoms with E-state index >= 15 is 0 Å². The summed E-state index contributed by atoms with van der Waals surface area (Å²) in [4.78, 5) is 25.8. The van der Waals surface area contributed by atoms with Crippen LogP contribution >= 0.6 is 0 Å². The number of carbonyl (C=O) groups is 2. The highest BCUT2D eigenvalue weighted by molar-refractivity contribution is 5.86. The number of carbonyl (C=O) groups excluding carboxylic acids is 2. The van der Waals surface area contributed by atoms with Crippen LogP contribution in [0.2, 0.25) is 0 Å². The molecule has 0 aromatic heterocycles. The molecule has 2 heterocycles. The Kier molecular flexibility index (Phi) is 3.00. The Morgan fingerprint density at radius 2 is 2.11 bits per heavy atom. The molecule has 108 valence electrons. The van der Waals surface area contributed by atoms with Crippen molar-refractivity contribution in [3.63, 3.8) is 0 Å². The number of aliphatic hydroxyl groups is 1. The molecule has 0 aliphatic carbocycles. The van der Waals surface area contributed by atoms with E-state index in [2.05, 4.69) is 0 Å². The van der Waals surface area contributed by atoms with Gasteiger partial charge in [0.1, 0.15) is 5.60 Å². The Morgan fingerprint density at radius 1 is 1.53 bits per heavy atom. The first kappa shape index (κ1) is 14.0. The van der Waals surface area contributed by atoms with Gasteiger partial charge in [-0.1, -0.05) is 0 Å². The fourth-order valence-electron chi connectivity index (χ4n) is 2.55. The predicted octanol–water partition coefficient (Wildman–Crippen LogP) is 0.147. The number of amides is 2. The van der Waals surface area contributed by atoms with Gasteiger partial charge in [-0.15, -0.1) is 0 Å². The highest BCUT2D eigenvalue weighted by Crippen LogP contribution is 2.39. The Hall–Kier alpha value is -1.37. The fraction of sp³-hybridized carbons (Fsp3) is 0.833.